The van der Waals surface area contributed by atoms with Gasteiger partial charge in [0.1, 0.15) is 36.9 Å². The first kappa shape index (κ1) is 15.5. The Morgan fingerprint density at radius 3 is 1.54 bits per heavy atom. The van der Waals surface area contributed by atoms with E-state index in [4.69, 9.17) is 18.9 Å². The van der Waals surface area contributed by atoms with Crippen LogP contribution in [0.4, 0.5) is 0 Å². The van der Waals surface area contributed by atoms with Crippen molar-refractivity contribution in [2.24, 2.45) is 0 Å². The van der Waals surface area contributed by atoms with E-state index in [0.29, 0.717) is 13.2 Å². The Balaban J connectivity index is 1.47. The summed E-state index contributed by atoms with van der Waals surface area (Å²) in [6, 6.07) is 12.6. The highest BCUT2D eigenvalue weighted by Gasteiger charge is 2.24. The predicted molar refractivity (Wildman–Crippen MR) is 91.8 cm³/mol. The Labute approximate surface area is 142 Å². The molecule has 2 atom stereocenters. The second-order valence-electron chi connectivity index (χ2n) is 6.49. The quantitative estimate of drug-likeness (QED) is 0.730. The summed E-state index contributed by atoms with van der Waals surface area (Å²) in [7, 11) is 0. The average molecular weight is 326 g/mol. The van der Waals surface area contributed by atoms with Gasteiger partial charge in [-0.2, -0.15) is 0 Å². The zero-order chi connectivity index (χ0) is 16.5. The molecule has 4 nitrogen and oxygen atoms in total. The number of ether oxygens (including phenoxy) is 4. The van der Waals surface area contributed by atoms with Crippen LogP contribution in [0.1, 0.15) is 11.1 Å². The zero-order valence-electron chi connectivity index (χ0n) is 14.1. The lowest BCUT2D eigenvalue weighted by Crippen LogP contribution is -2.05. The molecule has 0 amide bonds. The van der Waals surface area contributed by atoms with Crippen molar-refractivity contribution in [3.63, 3.8) is 0 Å². The molecule has 2 heterocycles. The van der Waals surface area contributed by atoms with E-state index in [1.807, 2.05) is 12.1 Å². The van der Waals surface area contributed by atoms with Crippen LogP contribution in [0.15, 0.2) is 36.4 Å². The maximum absolute atomic E-state index is 5.80. The minimum Gasteiger partial charge on any atom is -0.491 e. The molecule has 2 saturated heterocycles. The van der Waals surface area contributed by atoms with Crippen molar-refractivity contribution < 1.29 is 18.9 Å². The van der Waals surface area contributed by atoms with Crippen LogP contribution in [0.2, 0.25) is 0 Å². The summed E-state index contributed by atoms with van der Waals surface area (Å²) in [5.41, 5.74) is 4.64. The monoisotopic (exact) mass is 326 g/mol. The molecule has 2 aliphatic rings. The maximum atomic E-state index is 5.80. The summed E-state index contributed by atoms with van der Waals surface area (Å²) in [6.07, 6.45) is 0.556. The molecule has 0 bridgehead atoms. The largest absolute Gasteiger partial charge is 0.491 e. The van der Waals surface area contributed by atoms with Gasteiger partial charge in [0.2, 0.25) is 0 Å². The molecular weight excluding hydrogens is 304 g/mol. The van der Waals surface area contributed by atoms with Crippen LogP contribution in [0.5, 0.6) is 11.5 Å². The molecule has 0 N–H and O–H groups in total. The van der Waals surface area contributed by atoms with E-state index >= 15 is 0 Å². The molecule has 0 radical (unpaired) electrons. The van der Waals surface area contributed by atoms with E-state index in [9.17, 15) is 0 Å². The molecule has 2 fully saturated rings. The van der Waals surface area contributed by atoms with E-state index in [1.165, 1.54) is 11.1 Å². The fourth-order valence-corrected chi connectivity index (χ4v) is 2.68. The summed E-state index contributed by atoms with van der Waals surface area (Å²) >= 11 is 0. The highest BCUT2D eigenvalue weighted by molar-refractivity contribution is 5.67. The van der Waals surface area contributed by atoms with Crippen LogP contribution in [-0.4, -0.2) is 38.6 Å². The Morgan fingerprint density at radius 2 is 1.21 bits per heavy atom. The number of hydrogen-bond donors (Lipinski definition) is 0. The lowest BCUT2D eigenvalue weighted by molar-refractivity contribution is 0.261. The fourth-order valence-electron chi connectivity index (χ4n) is 2.68. The molecule has 0 saturated carbocycles. The van der Waals surface area contributed by atoms with E-state index in [2.05, 4.69) is 38.1 Å². The van der Waals surface area contributed by atoms with E-state index < -0.39 is 0 Å². The highest BCUT2D eigenvalue weighted by atomic mass is 16.6. The summed E-state index contributed by atoms with van der Waals surface area (Å²) in [5, 5.41) is 0. The topological polar surface area (TPSA) is 43.5 Å². The third kappa shape index (κ3) is 3.71. The molecule has 0 aliphatic carbocycles. The first-order chi connectivity index (χ1) is 11.7. The Bertz CT molecular complexity index is 669. The molecule has 2 aliphatic heterocycles. The van der Waals surface area contributed by atoms with Gasteiger partial charge in [0.25, 0.3) is 0 Å². The van der Waals surface area contributed by atoms with Crippen LogP contribution < -0.4 is 9.47 Å². The van der Waals surface area contributed by atoms with Gasteiger partial charge < -0.3 is 18.9 Å². The van der Waals surface area contributed by atoms with Gasteiger partial charge in [-0.3, -0.25) is 0 Å². The molecule has 0 spiro atoms. The second kappa shape index (κ2) is 6.46. The van der Waals surface area contributed by atoms with Crippen LogP contribution in [-0.2, 0) is 9.47 Å². The minimum absolute atomic E-state index is 0.278. The molecule has 4 rings (SSSR count). The average Bonchev–Trinajstić information content (AvgIpc) is 3.46. The van der Waals surface area contributed by atoms with E-state index in [1.54, 1.807) is 0 Å². The first-order valence-electron chi connectivity index (χ1n) is 8.39. The van der Waals surface area contributed by atoms with Crippen LogP contribution in [0, 0.1) is 13.8 Å². The molecule has 24 heavy (non-hydrogen) atoms. The maximum Gasteiger partial charge on any atom is 0.122 e. The van der Waals surface area contributed by atoms with Crippen molar-refractivity contribution >= 4 is 0 Å². The van der Waals surface area contributed by atoms with Crippen molar-refractivity contribution in [3.8, 4) is 22.6 Å². The van der Waals surface area contributed by atoms with Gasteiger partial charge in [0, 0.05) is 0 Å². The van der Waals surface area contributed by atoms with Crippen LogP contribution in [0.25, 0.3) is 11.1 Å². The van der Waals surface area contributed by atoms with Gasteiger partial charge in [0.15, 0.2) is 0 Å². The summed E-state index contributed by atoms with van der Waals surface area (Å²) < 4.78 is 22.0. The normalized spacial score (nSPS) is 21.4. The fraction of sp³-hybridized carbons (Fsp3) is 0.400. The van der Waals surface area contributed by atoms with Crippen molar-refractivity contribution in [2.45, 2.75) is 26.1 Å². The van der Waals surface area contributed by atoms with Gasteiger partial charge in [0.05, 0.1) is 13.2 Å². The summed E-state index contributed by atoms with van der Waals surface area (Å²) in [5.74, 6) is 1.85. The third-order valence-electron chi connectivity index (χ3n) is 4.34. The molecule has 2 unspecified atom stereocenters. The smallest absolute Gasteiger partial charge is 0.122 e. The standard InChI is InChI=1S/C20H22O4/c1-13-7-15(3-5-19(13)23-11-17-9-21-17)16-4-6-20(14(2)8-16)24-12-18-10-22-18/h3-8,17-18H,9-12H2,1-2H3. The van der Waals surface area contributed by atoms with Crippen LogP contribution >= 0.6 is 0 Å². The number of aryl methyl sites for hydroxylation is 2. The Kier molecular flexibility index (Phi) is 4.17. The lowest BCUT2D eigenvalue weighted by Gasteiger charge is -2.12. The molecule has 2 aromatic rings. The minimum atomic E-state index is 0.278. The molecule has 0 aromatic heterocycles. The zero-order valence-corrected chi connectivity index (χ0v) is 14.1. The number of hydrogen-bond acceptors (Lipinski definition) is 4. The van der Waals surface area contributed by atoms with Crippen molar-refractivity contribution in [3.05, 3.63) is 47.5 Å². The lowest BCUT2D eigenvalue weighted by atomic mass is 10.0. The van der Waals surface area contributed by atoms with Crippen LogP contribution in [0.3, 0.4) is 0 Å². The molecule has 126 valence electrons. The van der Waals surface area contributed by atoms with Gasteiger partial charge in [-0.05, 0) is 60.4 Å². The van der Waals surface area contributed by atoms with Crippen molar-refractivity contribution in [1.82, 2.24) is 0 Å². The predicted octanol–water partition coefficient (Wildman–Crippen LogP) is 3.53. The number of benzene rings is 2. The number of rotatable bonds is 7. The Hall–Kier alpha value is -2.04. The third-order valence-corrected chi connectivity index (χ3v) is 4.34. The molecule has 2 aromatic carbocycles. The van der Waals surface area contributed by atoms with Crippen molar-refractivity contribution in [2.75, 3.05) is 26.4 Å². The molecule has 4 heteroatoms. The van der Waals surface area contributed by atoms with Gasteiger partial charge in [-0.15, -0.1) is 0 Å². The van der Waals surface area contributed by atoms with Gasteiger partial charge >= 0.3 is 0 Å². The second-order valence-corrected chi connectivity index (χ2v) is 6.49. The first-order valence-corrected chi connectivity index (χ1v) is 8.39. The Morgan fingerprint density at radius 1 is 0.792 bits per heavy atom. The SMILES string of the molecule is Cc1cc(-c2ccc(OCC3CO3)c(C)c2)ccc1OCC1CO1. The van der Waals surface area contributed by atoms with Crippen molar-refractivity contribution in [1.29, 1.82) is 0 Å². The summed E-state index contributed by atoms with van der Waals surface area (Å²) in [4.78, 5) is 0. The van der Waals surface area contributed by atoms with Gasteiger partial charge in [-0.25, -0.2) is 0 Å². The molecular formula is C20H22O4. The highest BCUT2D eigenvalue weighted by Crippen LogP contribution is 2.30. The number of epoxide rings is 2. The summed E-state index contributed by atoms with van der Waals surface area (Å²) in [6.45, 7) is 7.06. The van der Waals surface area contributed by atoms with E-state index in [0.717, 1.165) is 35.8 Å². The van der Waals surface area contributed by atoms with Gasteiger partial charge in [-0.1, -0.05) is 12.1 Å². The van der Waals surface area contributed by atoms with E-state index in [-0.39, 0.29) is 12.2 Å².